The number of carbonyl (C=O) groups is 2. The number of benzene rings is 1. The molecule has 1 aromatic rings. The van der Waals surface area contributed by atoms with Crippen LogP contribution in [0, 0.1) is 11.8 Å². The number of alkyl carbamates (subject to hydrolysis) is 1. The Bertz CT molecular complexity index is 716. The van der Waals surface area contributed by atoms with E-state index >= 15 is 0 Å². The van der Waals surface area contributed by atoms with Gasteiger partial charge >= 0.3 is 6.09 Å². The summed E-state index contributed by atoms with van der Waals surface area (Å²) in [5.41, 5.74) is 0.754. The molecule has 0 aromatic heterocycles. The average Bonchev–Trinajstić information content (AvgIpc) is 3.22. The first-order chi connectivity index (χ1) is 14.2. The Morgan fingerprint density at radius 2 is 1.90 bits per heavy atom. The molecular weight excluding hydrogens is 378 g/mol. The summed E-state index contributed by atoms with van der Waals surface area (Å²) in [5, 5.41) is 6.02. The number of amides is 2. The normalized spacial score (nSPS) is 24.9. The third-order valence-electron chi connectivity index (χ3n) is 6.09. The van der Waals surface area contributed by atoms with E-state index in [-0.39, 0.29) is 11.9 Å². The van der Waals surface area contributed by atoms with Crippen molar-refractivity contribution in [2.45, 2.75) is 77.6 Å². The van der Waals surface area contributed by atoms with Crippen molar-refractivity contribution in [3.8, 4) is 0 Å². The highest BCUT2D eigenvalue weighted by Gasteiger charge is 2.43. The van der Waals surface area contributed by atoms with E-state index in [9.17, 15) is 9.59 Å². The smallest absolute Gasteiger partial charge is 0.408 e. The predicted molar refractivity (Wildman–Crippen MR) is 118 cm³/mol. The van der Waals surface area contributed by atoms with Gasteiger partial charge in [-0.05, 0) is 57.4 Å². The van der Waals surface area contributed by atoms with Crippen LogP contribution in [-0.2, 0) is 16.1 Å². The average molecular weight is 416 g/mol. The van der Waals surface area contributed by atoms with Crippen molar-refractivity contribution in [2.24, 2.45) is 11.8 Å². The van der Waals surface area contributed by atoms with Gasteiger partial charge in [-0.3, -0.25) is 9.69 Å². The highest BCUT2D eigenvalue weighted by Crippen LogP contribution is 2.38. The summed E-state index contributed by atoms with van der Waals surface area (Å²) in [6, 6.07) is 10.2. The molecule has 1 aromatic carbocycles. The number of hydrogen-bond donors (Lipinski definition) is 2. The van der Waals surface area contributed by atoms with Gasteiger partial charge in [-0.15, -0.1) is 0 Å². The van der Waals surface area contributed by atoms with Crippen molar-refractivity contribution in [2.75, 3.05) is 13.1 Å². The molecule has 0 radical (unpaired) electrons. The molecule has 1 heterocycles. The zero-order chi connectivity index (χ0) is 21.7. The first-order valence-electron chi connectivity index (χ1n) is 11.3. The fourth-order valence-electron chi connectivity index (χ4n) is 4.80. The molecule has 4 atom stereocenters. The summed E-state index contributed by atoms with van der Waals surface area (Å²) in [5.74, 6) is 1.04. The Hall–Kier alpha value is -2.08. The number of nitrogens with zero attached hydrogens (tertiary/aromatic N) is 1. The summed E-state index contributed by atoms with van der Waals surface area (Å²) in [7, 11) is 0. The van der Waals surface area contributed by atoms with Crippen LogP contribution in [0.25, 0.3) is 0 Å². The van der Waals surface area contributed by atoms with Crippen molar-refractivity contribution >= 4 is 12.0 Å². The van der Waals surface area contributed by atoms with E-state index in [0.29, 0.717) is 18.3 Å². The SMILES string of the molecule is CCC[C@H](NC(=O)OC(C)(C)C)C(=O)N[C@@H]1CC[C@H]2CN(Cc3ccccc3)C[C@H]21. The van der Waals surface area contributed by atoms with Crippen LogP contribution in [0.3, 0.4) is 0 Å². The molecule has 166 valence electrons. The number of hydrogen-bond acceptors (Lipinski definition) is 4. The first kappa shape index (κ1) is 22.6. The van der Waals surface area contributed by atoms with Gasteiger partial charge in [0.25, 0.3) is 0 Å². The molecule has 1 saturated carbocycles. The van der Waals surface area contributed by atoms with Crippen LogP contribution < -0.4 is 10.6 Å². The standard InChI is InChI=1S/C24H37N3O3/c1-5-9-21(26-23(29)30-24(2,3)4)22(28)25-20-13-12-18-15-27(16-19(18)20)14-17-10-7-6-8-11-17/h6-8,10-11,18-21H,5,9,12-16H2,1-4H3,(H,25,28)(H,26,29)/t18-,19+,20+,21-/m0/s1. The van der Waals surface area contributed by atoms with Crippen molar-refractivity contribution in [1.29, 1.82) is 0 Å². The van der Waals surface area contributed by atoms with E-state index in [1.807, 2.05) is 33.8 Å². The number of nitrogens with one attached hydrogen (secondary N) is 2. The molecule has 2 fully saturated rings. The molecule has 0 unspecified atom stereocenters. The van der Waals surface area contributed by atoms with Gasteiger partial charge in [-0.2, -0.15) is 0 Å². The lowest BCUT2D eigenvalue weighted by molar-refractivity contribution is -0.124. The number of likely N-dealkylation sites (tertiary alicyclic amines) is 1. The minimum absolute atomic E-state index is 0.0881. The molecule has 2 aliphatic rings. The number of ether oxygens (including phenoxy) is 1. The van der Waals surface area contributed by atoms with Gasteiger partial charge in [-0.25, -0.2) is 4.79 Å². The topological polar surface area (TPSA) is 70.7 Å². The number of fused-ring (bicyclic) bond motifs is 1. The molecule has 6 nitrogen and oxygen atoms in total. The first-order valence-corrected chi connectivity index (χ1v) is 11.3. The van der Waals surface area contributed by atoms with E-state index in [1.54, 1.807) is 0 Å². The Morgan fingerprint density at radius 1 is 1.17 bits per heavy atom. The van der Waals surface area contributed by atoms with Gasteiger partial charge in [0.1, 0.15) is 11.6 Å². The minimum atomic E-state index is -0.581. The van der Waals surface area contributed by atoms with Crippen LogP contribution in [0.15, 0.2) is 30.3 Å². The predicted octanol–water partition coefficient (Wildman–Crippen LogP) is 3.71. The van der Waals surface area contributed by atoms with Crippen molar-refractivity contribution < 1.29 is 14.3 Å². The van der Waals surface area contributed by atoms with Crippen molar-refractivity contribution in [3.05, 3.63) is 35.9 Å². The Balaban J connectivity index is 1.54. The van der Waals surface area contributed by atoms with Gasteiger partial charge in [0.2, 0.25) is 5.91 Å². The van der Waals surface area contributed by atoms with Gasteiger partial charge < -0.3 is 15.4 Å². The maximum absolute atomic E-state index is 13.0. The third kappa shape index (κ3) is 6.21. The second-order valence-electron chi connectivity index (χ2n) is 9.78. The summed E-state index contributed by atoms with van der Waals surface area (Å²) >= 11 is 0. The maximum atomic E-state index is 13.0. The monoisotopic (exact) mass is 415 g/mol. The summed E-state index contributed by atoms with van der Waals surface area (Å²) in [6.45, 7) is 10.6. The summed E-state index contributed by atoms with van der Waals surface area (Å²) < 4.78 is 5.34. The Kier molecular flexibility index (Phi) is 7.40. The molecule has 30 heavy (non-hydrogen) atoms. The lowest BCUT2D eigenvalue weighted by Gasteiger charge is -2.26. The molecule has 1 aliphatic heterocycles. The minimum Gasteiger partial charge on any atom is -0.444 e. The molecule has 0 bridgehead atoms. The van der Waals surface area contributed by atoms with Crippen LogP contribution in [-0.4, -0.2) is 47.7 Å². The fraction of sp³-hybridized carbons (Fsp3) is 0.667. The Morgan fingerprint density at radius 3 is 2.57 bits per heavy atom. The lowest BCUT2D eigenvalue weighted by atomic mass is 9.97. The summed E-state index contributed by atoms with van der Waals surface area (Å²) in [6.07, 6.45) is 3.06. The van der Waals surface area contributed by atoms with E-state index < -0.39 is 17.7 Å². The third-order valence-corrected chi connectivity index (χ3v) is 6.09. The zero-order valence-electron chi connectivity index (χ0n) is 18.8. The lowest BCUT2D eigenvalue weighted by Crippen LogP contribution is -2.51. The molecule has 0 spiro atoms. The maximum Gasteiger partial charge on any atom is 0.408 e. The Labute approximate surface area is 180 Å². The van der Waals surface area contributed by atoms with Crippen LogP contribution in [0.1, 0.15) is 58.9 Å². The molecule has 6 heteroatoms. The van der Waals surface area contributed by atoms with Gasteiger partial charge in [0, 0.05) is 25.7 Å². The second-order valence-corrected chi connectivity index (χ2v) is 9.78. The molecule has 2 amide bonds. The number of rotatable bonds is 7. The molecule has 3 rings (SSSR count). The number of carbonyl (C=O) groups excluding carboxylic acids is 2. The van der Waals surface area contributed by atoms with E-state index in [1.165, 1.54) is 5.56 Å². The highest BCUT2D eigenvalue weighted by molar-refractivity contribution is 5.85. The fourth-order valence-corrected chi connectivity index (χ4v) is 4.80. The van der Waals surface area contributed by atoms with Crippen LogP contribution >= 0.6 is 0 Å². The van der Waals surface area contributed by atoms with E-state index in [0.717, 1.165) is 38.9 Å². The zero-order valence-corrected chi connectivity index (χ0v) is 18.8. The summed E-state index contributed by atoms with van der Waals surface area (Å²) in [4.78, 5) is 27.6. The van der Waals surface area contributed by atoms with Crippen LogP contribution in [0.4, 0.5) is 4.79 Å². The van der Waals surface area contributed by atoms with Crippen molar-refractivity contribution in [1.82, 2.24) is 15.5 Å². The quantitative estimate of drug-likeness (QED) is 0.712. The van der Waals surface area contributed by atoms with Crippen molar-refractivity contribution in [3.63, 3.8) is 0 Å². The largest absolute Gasteiger partial charge is 0.444 e. The van der Waals surface area contributed by atoms with Gasteiger partial charge in [0.05, 0.1) is 0 Å². The van der Waals surface area contributed by atoms with Gasteiger partial charge in [0.15, 0.2) is 0 Å². The second kappa shape index (κ2) is 9.82. The van der Waals surface area contributed by atoms with Gasteiger partial charge in [-0.1, -0.05) is 43.7 Å². The van der Waals surface area contributed by atoms with Crippen LogP contribution in [0.5, 0.6) is 0 Å². The van der Waals surface area contributed by atoms with E-state index in [2.05, 4.69) is 39.8 Å². The molecule has 1 aliphatic carbocycles. The molecule has 1 saturated heterocycles. The van der Waals surface area contributed by atoms with E-state index in [4.69, 9.17) is 4.74 Å². The highest BCUT2D eigenvalue weighted by atomic mass is 16.6. The van der Waals surface area contributed by atoms with Crippen LogP contribution in [0.2, 0.25) is 0 Å². The molecular formula is C24H37N3O3. The molecule has 2 N–H and O–H groups in total.